The predicted molar refractivity (Wildman–Crippen MR) is 123 cm³/mol. The summed E-state index contributed by atoms with van der Waals surface area (Å²) >= 11 is 0. The van der Waals surface area contributed by atoms with Gasteiger partial charge in [-0.3, -0.25) is 9.69 Å². The summed E-state index contributed by atoms with van der Waals surface area (Å²) in [7, 11) is 0. The first-order chi connectivity index (χ1) is 13.0. The number of halogens is 2. The van der Waals surface area contributed by atoms with Crippen LogP contribution in [0.4, 0.5) is 11.4 Å². The maximum Gasteiger partial charge on any atom is 0.255 e. The minimum absolute atomic E-state index is 0. The van der Waals surface area contributed by atoms with E-state index in [2.05, 4.69) is 17.1 Å². The van der Waals surface area contributed by atoms with Gasteiger partial charge in [-0.25, -0.2) is 0 Å². The quantitative estimate of drug-likeness (QED) is 0.646. The number of likely N-dealkylation sites (tertiary alicyclic amines) is 1. The van der Waals surface area contributed by atoms with E-state index in [0.717, 1.165) is 25.3 Å². The Labute approximate surface area is 184 Å². The van der Waals surface area contributed by atoms with Crippen LogP contribution in [-0.2, 0) is 0 Å². The van der Waals surface area contributed by atoms with Gasteiger partial charge in [0.1, 0.15) is 11.9 Å². The van der Waals surface area contributed by atoms with Crippen molar-refractivity contribution in [2.45, 2.75) is 32.3 Å². The summed E-state index contributed by atoms with van der Waals surface area (Å²) in [5, 5.41) is 2.84. The fourth-order valence-electron chi connectivity index (χ4n) is 3.63. The highest BCUT2D eigenvalue weighted by Gasteiger charge is 2.40. The van der Waals surface area contributed by atoms with E-state index in [-0.39, 0.29) is 36.8 Å². The van der Waals surface area contributed by atoms with E-state index in [1.54, 1.807) is 24.3 Å². The molecular weight excluding hydrogens is 409 g/mol. The molecule has 3 N–H and O–H groups in total. The first-order valence-electron chi connectivity index (χ1n) is 9.66. The maximum absolute atomic E-state index is 12.4. The van der Waals surface area contributed by atoms with Gasteiger partial charge < -0.3 is 15.8 Å². The van der Waals surface area contributed by atoms with Crippen molar-refractivity contribution in [2.24, 2.45) is 5.41 Å². The highest BCUT2D eigenvalue weighted by molar-refractivity contribution is 6.05. The van der Waals surface area contributed by atoms with E-state index in [4.69, 9.17) is 10.5 Å². The average molecular weight is 438 g/mol. The Morgan fingerprint density at radius 2 is 1.86 bits per heavy atom. The lowest BCUT2D eigenvalue weighted by molar-refractivity contribution is 0.102. The van der Waals surface area contributed by atoms with Gasteiger partial charge >= 0.3 is 0 Å². The molecule has 1 saturated carbocycles. The number of anilines is 2. The summed E-state index contributed by atoms with van der Waals surface area (Å²) in [5.41, 5.74) is 8.18. The molecule has 2 aliphatic rings. The molecule has 4 rings (SSSR count). The number of carbonyl (C=O) groups is 1. The Kier molecular flexibility index (Phi) is 7.80. The van der Waals surface area contributed by atoms with Gasteiger partial charge in [-0.1, -0.05) is 19.1 Å². The van der Waals surface area contributed by atoms with Crippen LogP contribution in [0.1, 0.15) is 36.5 Å². The SMILES string of the molecule is CC1(CN2CC[C@@H](Oc3ccc(C(=O)Nc4ccccc4N)cc3)C2)CC1.Cl.Cl. The van der Waals surface area contributed by atoms with Gasteiger partial charge in [0, 0.05) is 25.2 Å². The normalized spacial score (nSPS) is 19.6. The number of carbonyl (C=O) groups excluding carboxylic acids is 1. The molecule has 0 unspecified atom stereocenters. The lowest BCUT2D eigenvalue weighted by Crippen LogP contribution is -2.29. The maximum atomic E-state index is 12.4. The van der Waals surface area contributed by atoms with Crippen LogP contribution in [0.25, 0.3) is 0 Å². The van der Waals surface area contributed by atoms with Gasteiger partial charge in [-0.15, -0.1) is 24.8 Å². The Morgan fingerprint density at radius 3 is 2.52 bits per heavy atom. The van der Waals surface area contributed by atoms with Gasteiger partial charge in [-0.05, 0) is 61.1 Å². The summed E-state index contributed by atoms with van der Waals surface area (Å²) in [6.07, 6.45) is 4.00. The molecule has 5 nitrogen and oxygen atoms in total. The lowest BCUT2D eigenvalue weighted by Gasteiger charge is -2.20. The van der Waals surface area contributed by atoms with Gasteiger partial charge in [0.25, 0.3) is 5.91 Å². The van der Waals surface area contributed by atoms with Crippen molar-refractivity contribution in [2.75, 3.05) is 30.7 Å². The molecule has 158 valence electrons. The molecule has 1 atom stereocenters. The zero-order valence-corrected chi connectivity index (χ0v) is 18.2. The second kappa shape index (κ2) is 9.70. The minimum Gasteiger partial charge on any atom is -0.489 e. The van der Waals surface area contributed by atoms with Crippen LogP contribution >= 0.6 is 24.8 Å². The topological polar surface area (TPSA) is 67.6 Å². The molecule has 0 aromatic heterocycles. The zero-order valence-electron chi connectivity index (χ0n) is 16.6. The number of nitrogens with two attached hydrogens (primary N) is 1. The fourth-order valence-corrected chi connectivity index (χ4v) is 3.63. The lowest BCUT2D eigenvalue weighted by atomic mass is 10.1. The number of amides is 1. The van der Waals surface area contributed by atoms with Crippen LogP contribution in [0.2, 0.25) is 0 Å². The van der Waals surface area contributed by atoms with E-state index in [9.17, 15) is 4.79 Å². The van der Waals surface area contributed by atoms with Gasteiger partial charge in [0.15, 0.2) is 0 Å². The number of nitrogen functional groups attached to an aromatic ring is 1. The monoisotopic (exact) mass is 437 g/mol. The smallest absolute Gasteiger partial charge is 0.255 e. The third-order valence-electron chi connectivity index (χ3n) is 5.57. The molecule has 1 amide bonds. The molecule has 1 aliphatic heterocycles. The van der Waals surface area contributed by atoms with Crippen molar-refractivity contribution in [1.29, 1.82) is 0 Å². The second-order valence-electron chi connectivity index (χ2n) is 8.14. The number of rotatable bonds is 6. The fraction of sp³-hybridized carbons (Fsp3) is 0.409. The summed E-state index contributed by atoms with van der Waals surface area (Å²) in [6.45, 7) is 5.66. The first kappa shape index (κ1) is 23.3. The van der Waals surface area contributed by atoms with Crippen LogP contribution in [0.3, 0.4) is 0 Å². The Morgan fingerprint density at radius 1 is 1.17 bits per heavy atom. The third kappa shape index (κ3) is 6.01. The molecule has 0 spiro atoms. The second-order valence-corrected chi connectivity index (χ2v) is 8.14. The molecule has 2 aromatic rings. The average Bonchev–Trinajstić information content (AvgIpc) is 3.22. The predicted octanol–water partition coefficient (Wildman–Crippen LogP) is 4.62. The Balaban J connectivity index is 0.00000150. The number of benzene rings is 2. The van der Waals surface area contributed by atoms with Crippen LogP contribution in [0.5, 0.6) is 5.75 Å². The van der Waals surface area contributed by atoms with E-state index >= 15 is 0 Å². The van der Waals surface area contributed by atoms with Crippen molar-refractivity contribution >= 4 is 42.1 Å². The van der Waals surface area contributed by atoms with E-state index in [1.165, 1.54) is 19.4 Å². The molecule has 7 heteroatoms. The number of para-hydroxylation sites is 2. The molecule has 1 aliphatic carbocycles. The van der Waals surface area contributed by atoms with Crippen molar-refractivity contribution in [3.05, 3.63) is 54.1 Å². The van der Waals surface area contributed by atoms with Gasteiger partial charge in [0.2, 0.25) is 0 Å². The van der Waals surface area contributed by atoms with Gasteiger partial charge in [0.05, 0.1) is 11.4 Å². The van der Waals surface area contributed by atoms with Crippen molar-refractivity contribution < 1.29 is 9.53 Å². The molecule has 1 heterocycles. The van der Waals surface area contributed by atoms with Crippen molar-refractivity contribution in [3.63, 3.8) is 0 Å². The first-order valence-corrected chi connectivity index (χ1v) is 9.66. The summed E-state index contributed by atoms with van der Waals surface area (Å²) in [6, 6.07) is 14.6. The highest BCUT2D eigenvalue weighted by Crippen LogP contribution is 2.45. The van der Waals surface area contributed by atoms with E-state index in [1.807, 2.05) is 24.3 Å². The summed E-state index contributed by atoms with van der Waals surface area (Å²) < 4.78 is 6.12. The number of ether oxygens (including phenoxy) is 1. The standard InChI is InChI=1S/C22H27N3O2.2ClH/c1-22(11-12-22)15-25-13-10-18(14-25)27-17-8-6-16(7-9-17)21(26)24-20-5-3-2-4-19(20)23;;/h2-9,18H,10-15,23H2,1H3,(H,24,26);2*1H/t18-;;/m1../s1. The minimum atomic E-state index is -0.177. The number of nitrogens with one attached hydrogen (secondary N) is 1. The zero-order chi connectivity index (χ0) is 18.9. The van der Waals surface area contributed by atoms with E-state index < -0.39 is 0 Å². The molecule has 0 bridgehead atoms. The van der Waals surface area contributed by atoms with Crippen molar-refractivity contribution in [1.82, 2.24) is 4.90 Å². The Hall–Kier alpha value is -1.95. The molecule has 0 radical (unpaired) electrons. The molecule has 1 saturated heterocycles. The van der Waals surface area contributed by atoms with Crippen LogP contribution in [0.15, 0.2) is 48.5 Å². The van der Waals surface area contributed by atoms with Crippen molar-refractivity contribution in [3.8, 4) is 5.75 Å². The Bertz CT molecular complexity index is 825. The number of nitrogens with zero attached hydrogens (tertiary/aromatic N) is 1. The molecular formula is C22H29Cl2N3O2. The van der Waals surface area contributed by atoms with Gasteiger partial charge in [-0.2, -0.15) is 0 Å². The largest absolute Gasteiger partial charge is 0.489 e. The highest BCUT2D eigenvalue weighted by atomic mass is 35.5. The molecule has 2 fully saturated rings. The third-order valence-corrected chi connectivity index (χ3v) is 5.57. The van der Waals surface area contributed by atoms with Crippen LogP contribution < -0.4 is 15.8 Å². The number of hydrogen-bond donors (Lipinski definition) is 2. The number of hydrogen-bond acceptors (Lipinski definition) is 4. The van der Waals surface area contributed by atoms with E-state index in [0.29, 0.717) is 22.4 Å². The molecule has 29 heavy (non-hydrogen) atoms. The summed E-state index contributed by atoms with van der Waals surface area (Å²) in [4.78, 5) is 14.9. The summed E-state index contributed by atoms with van der Waals surface area (Å²) in [5.74, 6) is 0.638. The van der Waals surface area contributed by atoms with Crippen LogP contribution in [-0.4, -0.2) is 36.5 Å². The molecule has 2 aromatic carbocycles. The van der Waals surface area contributed by atoms with Crippen LogP contribution in [0, 0.1) is 5.41 Å².